The van der Waals surface area contributed by atoms with Crippen molar-refractivity contribution < 1.29 is 9.13 Å². The van der Waals surface area contributed by atoms with Gasteiger partial charge in [0.25, 0.3) is 0 Å². The number of hydrogen-bond donors (Lipinski definition) is 1. The van der Waals surface area contributed by atoms with Gasteiger partial charge in [-0.05, 0) is 23.1 Å². The summed E-state index contributed by atoms with van der Waals surface area (Å²) in [5, 5.41) is 0. The highest BCUT2D eigenvalue weighted by molar-refractivity contribution is 5.21. The van der Waals surface area contributed by atoms with Crippen molar-refractivity contribution in [2.75, 3.05) is 7.11 Å². The lowest BCUT2D eigenvalue weighted by molar-refractivity contribution is -0.00248. The molecule has 0 aliphatic heterocycles. The second-order valence-electron chi connectivity index (χ2n) is 5.10. The van der Waals surface area contributed by atoms with Crippen LogP contribution in [0.5, 0.6) is 0 Å². The summed E-state index contributed by atoms with van der Waals surface area (Å²) >= 11 is 0. The molecule has 0 spiro atoms. The lowest BCUT2D eigenvalue weighted by Gasteiger charge is -2.34. The van der Waals surface area contributed by atoms with Gasteiger partial charge in [-0.15, -0.1) is 0 Å². The van der Waals surface area contributed by atoms with Gasteiger partial charge in [0.2, 0.25) is 0 Å². The van der Waals surface area contributed by atoms with Gasteiger partial charge in [0.15, 0.2) is 0 Å². The highest BCUT2D eigenvalue weighted by Crippen LogP contribution is 2.30. The smallest absolute Gasteiger partial charge is 0.123 e. The molecule has 0 aliphatic rings. The number of methoxy groups -OCH3 is 1. The Kier molecular flexibility index (Phi) is 4.05. The fourth-order valence-electron chi connectivity index (χ4n) is 1.93. The quantitative estimate of drug-likeness (QED) is 0.858. The Labute approximate surface area is 96.6 Å². The van der Waals surface area contributed by atoms with Crippen LogP contribution in [0.25, 0.3) is 0 Å². The SMILES string of the molecule is COC(C(N)c1cccc(F)c1)C(C)(C)C. The van der Waals surface area contributed by atoms with Crippen molar-refractivity contribution in [3.05, 3.63) is 35.6 Å². The number of benzene rings is 1. The van der Waals surface area contributed by atoms with Crippen molar-refractivity contribution in [1.29, 1.82) is 0 Å². The number of hydrogen-bond acceptors (Lipinski definition) is 2. The third kappa shape index (κ3) is 3.03. The van der Waals surface area contributed by atoms with Crippen LogP contribution >= 0.6 is 0 Å². The number of nitrogens with two attached hydrogens (primary N) is 1. The van der Waals surface area contributed by atoms with Crippen molar-refractivity contribution >= 4 is 0 Å². The van der Waals surface area contributed by atoms with Crippen molar-refractivity contribution in [1.82, 2.24) is 0 Å². The van der Waals surface area contributed by atoms with E-state index in [1.807, 2.05) is 6.07 Å². The Morgan fingerprint density at radius 1 is 1.31 bits per heavy atom. The number of halogens is 1. The summed E-state index contributed by atoms with van der Waals surface area (Å²) in [5.74, 6) is -0.267. The van der Waals surface area contributed by atoms with Gasteiger partial charge < -0.3 is 10.5 Å². The molecule has 0 aromatic heterocycles. The molecule has 2 unspecified atom stereocenters. The van der Waals surface area contributed by atoms with Crippen LogP contribution in [-0.4, -0.2) is 13.2 Å². The summed E-state index contributed by atoms with van der Waals surface area (Å²) in [6, 6.07) is 6.05. The highest BCUT2D eigenvalue weighted by atomic mass is 19.1. The molecule has 2 atom stereocenters. The zero-order valence-electron chi connectivity index (χ0n) is 10.3. The van der Waals surface area contributed by atoms with E-state index < -0.39 is 0 Å². The van der Waals surface area contributed by atoms with E-state index in [9.17, 15) is 4.39 Å². The van der Waals surface area contributed by atoms with Crippen LogP contribution in [0.1, 0.15) is 32.4 Å². The monoisotopic (exact) mass is 225 g/mol. The zero-order valence-corrected chi connectivity index (χ0v) is 10.3. The summed E-state index contributed by atoms with van der Waals surface area (Å²) < 4.78 is 18.5. The lowest BCUT2D eigenvalue weighted by Crippen LogP contribution is -2.38. The van der Waals surface area contributed by atoms with E-state index >= 15 is 0 Å². The van der Waals surface area contributed by atoms with Gasteiger partial charge in [-0.25, -0.2) is 4.39 Å². The maximum atomic E-state index is 13.1. The van der Waals surface area contributed by atoms with Gasteiger partial charge >= 0.3 is 0 Å². The Balaban J connectivity index is 2.96. The fourth-order valence-corrected chi connectivity index (χ4v) is 1.93. The van der Waals surface area contributed by atoms with Crippen molar-refractivity contribution in [3.63, 3.8) is 0 Å². The number of rotatable bonds is 3. The standard InChI is InChI=1S/C13H20FNO/c1-13(2,3)12(16-4)11(15)9-6-5-7-10(14)8-9/h5-8,11-12H,15H2,1-4H3. The van der Waals surface area contributed by atoms with Gasteiger partial charge in [-0.3, -0.25) is 0 Å². The Hall–Kier alpha value is -0.930. The maximum Gasteiger partial charge on any atom is 0.123 e. The van der Waals surface area contributed by atoms with E-state index in [2.05, 4.69) is 20.8 Å². The van der Waals surface area contributed by atoms with Gasteiger partial charge in [-0.1, -0.05) is 32.9 Å². The second-order valence-corrected chi connectivity index (χ2v) is 5.10. The van der Waals surface area contributed by atoms with Gasteiger partial charge in [-0.2, -0.15) is 0 Å². The molecule has 0 aliphatic carbocycles. The van der Waals surface area contributed by atoms with Gasteiger partial charge in [0.1, 0.15) is 5.82 Å². The predicted molar refractivity (Wildman–Crippen MR) is 63.6 cm³/mol. The zero-order chi connectivity index (χ0) is 12.3. The molecule has 0 saturated carbocycles. The first kappa shape index (κ1) is 13.1. The average Bonchev–Trinajstić information content (AvgIpc) is 2.16. The van der Waals surface area contributed by atoms with Crippen LogP contribution in [0, 0.1) is 11.2 Å². The predicted octanol–water partition coefficient (Wildman–Crippen LogP) is 2.89. The first-order valence-corrected chi connectivity index (χ1v) is 5.40. The molecule has 1 rings (SSSR count). The Morgan fingerprint density at radius 3 is 2.38 bits per heavy atom. The largest absolute Gasteiger partial charge is 0.379 e. The van der Waals surface area contributed by atoms with Crippen molar-refractivity contribution in [3.8, 4) is 0 Å². The summed E-state index contributed by atoms with van der Waals surface area (Å²) in [5.41, 5.74) is 6.80. The van der Waals surface area contributed by atoms with Crippen LogP contribution in [0.15, 0.2) is 24.3 Å². The van der Waals surface area contributed by atoms with E-state index in [1.54, 1.807) is 13.2 Å². The molecule has 0 radical (unpaired) electrons. The van der Waals surface area contributed by atoms with Gasteiger partial charge in [0, 0.05) is 7.11 Å². The average molecular weight is 225 g/mol. The molecule has 0 saturated heterocycles. The molecule has 2 N–H and O–H groups in total. The molecule has 0 bridgehead atoms. The maximum absolute atomic E-state index is 13.1. The molecule has 1 aromatic carbocycles. The van der Waals surface area contributed by atoms with Crippen LogP contribution in [-0.2, 0) is 4.74 Å². The van der Waals surface area contributed by atoms with Crippen molar-refractivity contribution in [2.45, 2.75) is 32.9 Å². The molecule has 2 nitrogen and oxygen atoms in total. The molecule has 3 heteroatoms. The molecular formula is C13H20FNO. The summed E-state index contributed by atoms with van der Waals surface area (Å²) in [7, 11) is 1.63. The number of ether oxygens (including phenoxy) is 1. The van der Waals surface area contributed by atoms with E-state index in [4.69, 9.17) is 10.5 Å². The molecule has 0 amide bonds. The second kappa shape index (κ2) is 4.93. The minimum Gasteiger partial charge on any atom is -0.379 e. The minimum absolute atomic E-state index is 0.0829. The normalized spacial score (nSPS) is 15.9. The first-order chi connectivity index (χ1) is 7.36. The third-order valence-corrected chi connectivity index (χ3v) is 2.67. The summed E-state index contributed by atoms with van der Waals surface area (Å²) in [6.45, 7) is 6.17. The molecule has 90 valence electrons. The van der Waals surface area contributed by atoms with E-state index in [0.29, 0.717) is 0 Å². The molecule has 0 fully saturated rings. The highest BCUT2D eigenvalue weighted by Gasteiger charge is 2.31. The molecule has 1 aromatic rings. The van der Waals surface area contributed by atoms with Crippen molar-refractivity contribution in [2.24, 2.45) is 11.1 Å². The molecule has 16 heavy (non-hydrogen) atoms. The van der Waals surface area contributed by atoms with E-state index in [0.717, 1.165) is 5.56 Å². The molecular weight excluding hydrogens is 205 g/mol. The summed E-state index contributed by atoms with van der Waals surface area (Å²) in [6.07, 6.45) is -0.144. The Morgan fingerprint density at radius 2 is 1.94 bits per heavy atom. The molecule has 0 heterocycles. The van der Waals surface area contributed by atoms with E-state index in [-0.39, 0.29) is 23.4 Å². The fraction of sp³-hybridized carbons (Fsp3) is 0.538. The Bertz CT molecular complexity index is 346. The topological polar surface area (TPSA) is 35.2 Å². The first-order valence-electron chi connectivity index (χ1n) is 5.40. The minimum atomic E-state index is -0.319. The third-order valence-electron chi connectivity index (χ3n) is 2.67. The lowest BCUT2D eigenvalue weighted by atomic mass is 9.82. The van der Waals surface area contributed by atoms with Crippen LogP contribution in [0.3, 0.4) is 0 Å². The van der Waals surface area contributed by atoms with Crippen LogP contribution in [0.4, 0.5) is 4.39 Å². The van der Waals surface area contributed by atoms with Crippen LogP contribution in [0.2, 0.25) is 0 Å². The van der Waals surface area contributed by atoms with Gasteiger partial charge in [0.05, 0.1) is 12.1 Å². The van der Waals surface area contributed by atoms with Crippen LogP contribution < -0.4 is 5.73 Å². The summed E-state index contributed by atoms with van der Waals surface area (Å²) in [4.78, 5) is 0. The van der Waals surface area contributed by atoms with E-state index in [1.165, 1.54) is 12.1 Å².